The van der Waals surface area contributed by atoms with Gasteiger partial charge in [0.15, 0.2) is 11.5 Å². The minimum Gasteiger partial charge on any atom is -0.490 e. The Hall–Kier alpha value is -2.44. The first-order chi connectivity index (χ1) is 13.9. The van der Waals surface area contributed by atoms with Gasteiger partial charge in [0.05, 0.1) is 28.9 Å². The summed E-state index contributed by atoms with van der Waals surface area (Å²) in [5, 5.41) is 3.32. The molecule has 0 aliphatic carbocycles. The predicted molar refractivity (Wildman–Crippen MR) is 115 cm³/mol. The summed E-state index contributed by atoms with van der Waals surface area (Å²) in [5.41, 5.74) is 0.728. The van der Waals surface area contributed by atoms with Crippen molar-refractivity contribution in [3.8, 4) is 11.5 Å². The molecule has 0 spiro atoms. The minimum absolute atomic E-state index is 0.145. The van der Waals surface area contributed by atoms with Crippen molar-refractivity contribution in [1.29, 1.82) is 0 Å². The normalized spacial score (nSPS) is 10.4. The number of amides is 2. The van der Waals surface area contributed by atoms with Gasteiger partial charge in [-0.1, -0.05) is 29.3 Å². The van der Waals surface area contributed by atoms with Gasteiger partial charge < -0.3 is 19.7 Å². The lowest BCUT2D eigenvalue weighted by Crippen LogP contribution is -2.38. The van der Waals surface area contributed by atoms with Crippen molar-refractivity contribution in [2.24, 2.45) is 0 Å². The van der Waals surface area contributed by atoms with Crippen LogP contribution in [0.2, 0.25) is 10.0 Å². The van der Waals surface area contributed by atoms with Crippen LogP contribution in [0, 0.1) is 0 Å². The SMILES string of the molecule is CCOc1ccc(C(=O)N(CC)CC(=O)Nc2c(Cl)cccc2Cl)cc1OCC. The number of benzene rings is 2. The lowest BCUT2D eigenvalue weighted by atomic mass is 10.1. The first kappa shape index (κ1) is 22.8. The number of anilines is 1. The lowest BCUT2D eigenvalue weighted by molar-refractivity contribution is -0.116. The molecule has 0 unspecified atom stereocenters. The summed E-state index contributed by atoms with van der Waals surface area (Å²) in [7, 11) is 0. The molecule has 0 atom stereocenters. The lowest BCUT2D eigenvalue weighted by Gasteiger charge is -2.21. The number of carbonyl (C=O) groups is 2. The Morgan fingerprint density at radius 1 is 0.966 bits per heavy atom. The summed E-state index contributed by atoms with van der Waals surface area (Å²) in [6.07, 6.45) is 0. The molecule has 0 fully saturated rings. The molecule has 0 saturated carbocycles. The molecule has 0 bridgehead atoms. The molecule has 0 saturated heterocycles. The number of nitrogens with zero attached hydrogens (tertiary/aromatic N) is 1. The standard InChI is InChI=1S/C21H24Cl2N2O4/c1-4-25(13-19(26)24-20-15(22)8-7-9-16(20)23)21(27)14-10-11-17(28-5-2)18(12-14)29-6-3/h7-12H,4-6,13H2,1-3H3,(H,24,26). The Morgan fingerprint density at radius 2 is 1.59 bits per heavy atom. The third-order valence-corrected chi connectivity index (χ3v) is 4.65. The summed E-state index contributed by atoms with van der Waals surface area (Å²) < 4.78 is 11.1. The second-order valence-electron chi connectivity index (χ2n) is 5.99. The highest BCUT2D eigenvalue weighted by molar-refractivity contribution is 6.39. The van der Waals surface area contributed by atoms with Gasteiger partial charge in [-0.15, -0.1) is 0 Å². The van der Waals surface area contributed by atoms with E-state index >= 15 is 0 Å². The average molecular weight is 439 g/mol. The van der Waals surface area contributed by atoms with Crippen LogP contribution in [0.4, 0.5) is 5.69 Å². The van der Waals surface area contributed by atoms with E-state index in [1.807, 2.05) is 13.8 Å². The van der Waals surface area contributed by atoms with Gasteiger partial charge in [0.1, 0.15) is 6.54 Å². The Morgan fingerprint density at radius 3 is 2.17 bits per heavy atom. The Balaban J connectivity index is 2.15. The Kier molecular flexibility index (Phi) is 8.61. The molecular weight excluding hydrogens is 415 g/mol. The number of halogens is 2. The second kappa shape index (κ2) is 10.9. The first-order valence-corrected chi connectivity index (χ1v) is 10.1. The predicted octanol–water partition coefficient (Wildman–Crippen LogP) is 4.89. The number of ether oxygens (including phenoxy) is 2. The fraction of sp³-hybridized carbons (Fsp3) is 0.333. The summed E-state index contributed by atoms with van der Waals surface area (Å²) in [6.45, 7) is 6.65. The van der Waals surface area contributed by atoms with Crippen LogP contribution in [-0.4, -0.2) is 43.0 Å². The van der Waals surface area contributed by atoms with Gasteiger partial charge in [0, 0.05) is 12.1 Å². The molecule has 1 N–H and O–H groups in total. The fourth-order valence-electron chi connectivity index (χ4n) is 2.66. The maximum absolute atomic E-state index is 12.9. The molecular formula is C21H24Cl2N2O4. The number of likely N-dealkylation sites (N-methyl/N-ethyl adjacent to an activating group) is 1. The van der Waals surface area contributed by atoms with Crippen LogP contribution in [0.25, 0.3) is 0 Å². The largest absolute Gasteiger partial charge is 0.490 e. The van der Waals surface area contributed by atoms with E-state index in [4.69, 9.17) is 32.7 Å². The molecule has 0 aliphatic heterocycles. The molecule has 8 heteroatoms. The number of hydrogen-bond donors (Lipinski definition) is 1. The minimum atomic E-state index is -0.397. The van der Waals surface area contributed by atoms with E-state index < -0.39 is 5.91 Å². The molecule has 2 aromatic rings. The number of nitrogens with one attached hydrogen (secondary N) is 1. The smallest absolute Gasteiger partial charge is 0.254 e. The highest BCUT2D eigenvalue weighted by atomic mass is 35.5. The Labute approximate surface area is 180 Å². The van der Waals surface area contributed by atoms with E-state index in [1.54, 1.807) is 43.3 Å². The van der Waals surface area contributed by atoms with Gasteiger partial charge in [-0.25, -0.2) is 0 Å². The van der Waals surface area contributed by atoms with Gasteiger partial charge >= 0.3 is 0 Å². The fourth-order valence-corrected chi connectivity index (χ4v) is 3.16. The van der Waals surface area contributed by atoms with Crippen LogP contribution >= 0.6 is 23.2 Å². The van der Waals surface area contributed by atoms with Crippen LogP contribution in [0.15, 0.2) is 36.4 Å². The van der Waals surface area contributed by atoms with E-state index in [9.17, 15) is 9.59 Å². The number of carbonyl (C=O) groups excluding carboxylic acids is 2. The van der Waals surface area contributed by atoms with E-state index in [2.05, 4.69) is 5.32 Å². The first-order valence-electron chi connectivity index (χ1n) is 9.33. The third-order valence-electron chi connectivity index (χ3n) is 4.02. The van der Waals surface area contributed by atoms with Crippen molar-refractivity contribution in [1.82, 2.24) is 4.90 Å². The van der Waals surface area contributed by atoms with E-state index in [1.165, 1.54) is 4.90 Å². The molecule has 0 heterocycles. The van der Waals surface area contributed by atoms with Gasteiger partial charge in [0.2, 0.25) is 5.91 Å². The van der Waals surface area contributed by atoms with Crippen molar-refractivity contribution in [2.45, 2.75) is 20.8 Å². The van der Waals surface area contributed by atoms with Crippen molar-refractivity contribution in [3.63, 3.8) is 0 Å². The van der Waals surface area contributed by atoms with Gasteiger partial charge in [-0.05, 0) is 51.1 Å². The van der Waals surface area contributed by atoms with E-state index in [-0.39, 0.29) is 12.5 Å². The third kappa shape index (κ3) is 6.02. The number of hydrogen-bond acceptors (Lipinski definition) is 4. The zero-order valence-electron chi connectivity index (χ0n) is 16.6. The van der Waals surface area contributed by atoms with Gasteiger partial charge in [0.25, 0.3) is 5.91 Å². The summed E-state index contributed by atoms with van der Waals surface area (Å²) in [4.78, 5) is 26.8. The Bertz CT molecular complexity index is 854. The quantitative estimate of drug-likeness (QED) is 0.604. The van der Waals surface area contributed by atoms with Crippen LogP contribution in [0.1, 0.15) is 31.1 Å². The van der Waals surface area contributed by atoms with Crippen molar-refractivity contribution >= 4 is 40.7 Å². The number of para-hydroxylation sites is 1. The molecule has 0 aliphatic rings. The molecule has 29 heavy (non-hydrogen) atoms. The van der Waals surface area contributed by atoms with Crippen LogP contribution in [0.5, 0.6) is 11.5 Å². The zero-order chi connectivity index (χ0) is 21.4. The van der Waals surface area contributed by atoms with Crippen LogP contribution in [-0.2, 0) is 4.79 Å². The molecule has 2 rings (SSSR count). The molecule has 6 nitrogen and oxygen atoms in total. The summed E-state index contributed by atoms with van der Waals surface area (Å²) in [6, 6.07) is 9.91. The summed E-state index contributed by atoms with van der Waals surface area (Å²) >= 11 is 12.2. The molecule has 156 valence electrons. The van der Waals surface area contributed by atoms with E-state index in [0.717, 1.165) is 0 Å². The number of rotatable bonds is 9. The van der Waals surface area contributed by atoms with Crippen molar-refractivity contribution in [2.75, 3.05) is 31.6 Å². The highest BCUT2D eigenvalue weighted by Crippen LogP contribution is 2.30. The van der Waals surface area contributed by atoms with Crippen molar-refractivity contribution in [3.05, 3.63) is 52.0 Å². The maximum Gasteiger partial charge on any atom is 0.254 e. The maximum atomic E-state index is 12.9. The van der Waals surface area contributed by atoms with Crippen molar-refractivity contribution < 1.29 is 19.1 Å². The molecule has 0 radical (unpaired) electrons. The van der Waals surface area contributed by atoms with Crippen LogP contribution in [0.3, 0.4) is 0 Å². The molecule has 2 aromatic carbocycles. The monoisotopic (exact) mass is 438 g/mol. The second-order valence-corrected chi connectivity index (χ2v) is 6.81. The molecule has 0 aromatic heterocycles. The van der Waals surface area contributed by atoms with Gasteiger partial charge in [-0.2, -0.15) is 0 Å². The average Bonchev–Trinajstić information content (AvgIpc) is 2.70. The topological polar surface area (TPSA) is 67.9 Å². The summed E-state index contributed by atoms with van der Waals surface area (Å²) in [5.74, 6) is 0.367. The van der Waals surface area contributed by atoms with Crippen LogP contribution < -0.4 is 14.8 Å². The highest BCUT2D eigenvalue weighted by Gasteiger charge is 2.20. The zero-order valence-corrected chi connectivity index (χ0v) is 18.1. The van der Waals surface area contributed by atoms with E-state index in [0.29, 0.717) is 52.6 Å². The van der Waals surface area contributed by atoms with Gasteiger partial charge in [-0.3, -0.25) is 9.59 Å². The molecule has 2 amide bonds.